The van der Waals surface area contributed by atoms with Crippen LogP contribution in [0.1, 0.15) is 16.1 Å². The number of carbonyl (C=O) groups is 1. The van der Waals surface area contributed by atoms with Crippen molar-refractivity contribution in [3.05, 3.63) is 66.1 Å². The maximum atomic E-state index is 11.4. The minimum Gasteiger partial charge on any atom is -0.493 e. The molecule has 0 aliphatic heterocycles. The standard InChI is InChI=1S/C20H18N6O3/c1-12-17(26-11-3-4-16(29-2)18(26)22-12)15-9-10-21-20(24-15)23-14-7-5-13(6-8-14)19(27)25-28/h3-11,28H,1-2H3,(H,25,27)(H,21,23,24). The summed E-state index contributed by atoms with van der Waals surface area (Å²) in [5, 5.41) is 11.8. The zero-order valence-electron chi connectivity index (χ0n) is 15.7. The van der Waals surface area contributed by atoms with Gasteiger partial charge in [-0.05, 0) is 49.4 Å². The van der Waals surface area contributed by atoms with E-state index < -0.39 is 5.91 Å². The number of nitrogens with one attached hydrogen (secondary N) is 2. The summed E-state index contributed by atoms with van der Waals surface area (Å²) in [5.74, 6) is 0.508. The zero-order valence-corrected chi connectivity index (χ0v) is 15.7. The first-order chi connectivity index (χ1) is 14.1. The Morgan fingerprint density at radius 1 is 1.14 bits per heavy atom. The Balaban J connectivity index is 1.67. The van der Waals surface area contributed by atoms with Crippen molar-refractivity contribution < 1.29 is 14.7 Å². The van der Waals surface area contributed by atoms with Gasteiger partial charge in [0, 0.05) is 23.6 Å². The number of nitrogens with zero attached hydrogens (tertiary/aromatic N) is 4. The van der Waals surface area contributed by atoms with Crippen LogP contribution in [0, 0.1) is 6.92 Å². The van der Waals surface area contributed by atoms with E-state index in [1.165, 1.54) is 0 Å². The number of imidazole rings is 1. The van der Waals surface area contributed by atoms with Crippen LogP contribution in [-0.2, 0) is 0 Å². The van der Waals surface area contributed by atoms with Crippen molar-refractivity contribution in [1.29, 1.82) is 0 Å². The summed E-state index contributed by atoms with van der Waals surface area (Å²) >= 11 is 0. The predicted octanol–water partition coefficient (Wildman–Crippen LogP) is 2.97. The van der Waals surface area contributed by atoms with E-state index in [1.807, 2.05) is 35.7 Å². The Morgan fingerprint density at radius 2 is 1.93 bits per heavy atom. The number of pyridine rings is 1. The molecule has 3 aromatic heterocycles. The number of hydroxylamine groups is 1. The Hall–Kier alpha value is -3.98. The number of methoxy groups -OCH3 is 1. The Labute approximate surface area is 166 Å². The van der Waals surface area contributed by atoms with Crippen molar-refractivity contribution in [2.45, 2.75) is 6.92 Å². The molecule has 3 heterocycles. The summed E-state index contributed by atoms with van der Waals surface area (Å²) in [6, 6.07) is 12.1. The fourth-order valence-electron chi connectivity index (χ4n) is 3.07. The molecule has 0 unspecified atom stereocenters. The molecule has 0 saturated carbocycles. The number of amides is 1. The average Bonchev–Trinajstić information content (AvgIpc) is 3.09. The molecule has 1 aromatic carbocycles. The van der Waals surface area contributed by atoms with E-state index in [1.54, 1.807) is 43.1 Å². The molecule has 0 bridgehead atoms. The van der Waals surface area contributed by atoms with Crippen LogP contribution in [0.5, 0.6) is 5.75 Å². The van der Waals surface area contributed by atoms with Crippen molar-refractivity contribution in [3.8, 4) is 17.1 Å². The molecule has 0 aliphatic carbocycles. The lowest BCUT2D eigenvalue weighted by molar-refractivity contribution is 0.0706. The van der Waals surface area contributed by atoms with Gasteiger partial charge in [-0.1, -0.05) is 0 Å². The molecule has 146 valence electrons. The quantitative estimate of drug-likeness (QED) is 0.355. The molecular weight excluding hydrogens is 372 g/mol. The first-order valence-corrected chi connectivity index (χ1v) is 8.77. The topological polar surface area (TPSA) is 114 Å². The number of hydrogen-bond donors (Lipinski definition) is 3. The number of fused-ring (bicyclic) bond motifs is 1. The van der Waals surface area contributed by atoms with Crippen LogP contribution in [0.25, 0.3) is 17.0 Å². The highest BCUT2D eigenvalue weighted by atomic mass is 16.5. The van der Waals surface area contributed by atoms with E-state index in [4.69, 9.17) is 9.94 Å². The van der Waals surface area contributed by atoms with Crippen molar-refractivity contribution in [2.24, 2.45) is 0 Å². The zero-order chi connectivity index (χ0) is 20.4. The van der Waals surface area contributed by atoms with Crippen LogP contribution in [0.3, 0.4) is 0 Å². The number of anilines is 2. The second-order valence-corrected chi connectivity index (χ2v) is 6.22. The summed E-state index contributed by atoms with van der Waals surface area (Å²) in [5.41, 5.74) is 5.72. The van der Waals surface area contributed by atoms with E-state index in [2.05, 4.69) is 20.3 Å². The predicted molar refractivity (Wildman–Crippen MR) is 106 cm³/mol. The van der Waals surface area contributed by atoms with E-state index in [-0.39, 0.29) is 0 Å². The lowest BCUT2D eigenvalue weighted by Crippen LogP contribution is -2.18. The van der Waals surface area contributed by atoms with Gasteiger partial charge in [-0.25, -0.2) is 20.4 Å². The first kappa shape index (κ1) is 18.4. The molecule has 29 heavy (non-hydrogen) atoms. The summed E-state index contributed by atoms with van der Waals surface area (Å²) in [7, 11) is 1.61. The highest BCUT2D eigenvalue weighted by Gasteiger charge is 2.15. The van der Waals surface area contributed by atoms with Gasteiger partial charge in [0.15, 0.2) is 11.4 Å². The molecule has 9 nitrogen and oxygen atoms in total. The smallest absolute Gasteiger partial charge is 0.274 e. The van der Waals surface area contributed by atoms with E-state index >= 15 is 0 Å². The molecule has 4 rings (SSSR count). The van der Waals surface area contributed by atoms with Crippen LogP contribution < -0.4 is 15.5 Å². The minimum atomic E-state index is -0.576. The second-order valence-electron chi connectivity index (χ2n) is 6.22. The summed E-state index contributed by atoms with van der Waals surface area (Å²) in [6.07, 6.45) is 3.57. The highest BCUT2D eigenvalue weighted by Crippen LogP contribution is 2.28. The number of benzene rings is 1. The maximum absolute atomic E-state index is 11.4. The molecule has 9 heteroatoms. The van der Waals surface area contributed by atoms with Crippen LogP contribution in [0.4, 0.5) is 11.6 Å². The number of aromatic nitrogens is 4. The molecular formula is C20H18N6O3. The average molecular weight is 390 g/mol. The van der Waals surface area contributed by atoms with E-state index in [0.29, 0.717) is 34.3 Å². The lowest BCUT2D eigenvalue weighted by atomic mass is 10.2. The Kier molecular flexibility index (Phi) is 4.80. The molecule has 0 spiro atoms. The SMILES string of the molecule is COc1cccn2c(-c3ccnc(Nc4ccc(C(=O)NO)cc4)n3)c(C)nc12. The molecule has 0 atom stereocenters. The minimum absolute atomic E-state index is 0.336. The van der Waals surface area contributed by atoms with Crippen LogP contribution in [0.15, 0.2) is 54.9 Å². The molecule has 1 amide bonds. The molecule has 3 N–H and O–H groups in total. The third-order valence-corrected chi connectivity index (χ3v) is 4.41. The Bertz CT molecular complexity index is 1190. The van der Waals surface area contributed by atoms with Crippen molar-refractivity contribution >= 4 is 23.2 Å². The Morgan fingerprint density at radius 3 is 2.66 bits per heavy atom. The number of carbonyl (C=O) groups excluding carboxylic acids is 1. The third-order valence-electron chi connectivity index (χ3n) is 4.41. The van der Waals surface area contributed by atoms with Crippen LogP contribution >= 0.6 is 0 Å². The second kappa shape index (κ2) is 7.56. The molecule has 0 radical (unpaired) electrons. The summed E-state index contributed by atoms with van der Waals surface area (Å²) in [6.45, 7) is 1.92. The van der Waals surface area contributed by atoms with Gasteiger partial charge in [0.05, 0.1) is 24.2 Å². The van der Waals surface area contributed by atoms with Gasteiger partial charge in [0.25, 0.3) is 5.91 Å². The fourth-order valence-corrected chi connectivity index (χ4v) is 3.07. The van der Waals surface area contributed by atoms with Gasteiger partial charge < -0.3 is 10.1 Å². The number of rotatable bonds is 5. The van der Waals surface area contributed by atoms with Gasteiger partial charge in [0.2, 0.25) is 5.95 Å². The largest absolute Gasteiger partial charge is 0.493 e. The van der Waals surface area contributed by atoms with Gasteiger partial charge in [-0.2, -0.15) is 0 Å². The molecule has 0 aliphatic rings. The van der Waals surface area contributed by atoms with Crippen LogP contribution in [0.2, 0.25) is 0 Å². The third kappa shape index (κ3) is 3.46. The van der Waals surface area contributed by atoms with Crippen molar-refractivity contribution in [2.75, 3.05) is 12.4 Å². The molecule has 0 saturated heterocycles. The van der Waals surface area contributed by atoms with Gasteiger partial charge in [0.1, 0.15) is 0 Å². The molecule has 0 fully saturated rings. The van der Waals surface area contributed by atoms with Crippen molar-refractivity contribution in [3.63, 3.8) is 0 Å². The highest BCUT2D eigenvalue weighted by molar-refractivity contribution is 5.93. The molecule has 4 aromatic rings. The summed E-state index contributed by atoms with van der Waals surface area (Å²) < 4.78 is 7.33. The van der Waals surface area contributed by atoms with Crippen LogP contribution in [-0.4, -0.2) is 37.6 Å². The normalized spacial score (nSPS) is 10.7. The van der Waals surface area contributed by atoms with Gasteiger partial charge in [-0.3, -0.25) is 14.4 Å². The van der Waals surface area contributed by atoms with E-state index in [9.17, 15) is 4.79 Å². The lowest BCUT2D eigenvalue weighted by Gasteiger charge is -2.08. The van der Waals surface area contributed by atoms with Gasteiger partial charge >= 0.3 is 0 Å². The number of aryl methyl sites for hydroxylation is 1. The summed E-state index contributed by atoms with van der Waals surface area (Å²) in [4.78, 5) is 24.9. The monoisotopic (exact) mass is 390 g/mol. The number of hydrogen-bond acceptors (Lipinski definition) is 7. The van der Waals surface area contributed by atoms with E-state index in [0.717, 1.165) is 11.4 Å². The fraction of sp³-hybridized carbons (Fsp3) is 0.100. The van der Waals surface area contributed by atoms with Crippen molar-refractivity contribution in [1.82, 2.24) is 24.8 Å². The first-order valence-electron chi connectivity index (χ1n) is 8.77. The number of ether oxygens (including phenoxy) is 1. The van der Waals surface area contributed by atoms with Gasteiger partial charge in [-0.15, -0.1) is 0 Å². The maximum Gasteiger partial charge on any atom is 0.274 e.